The zero-order valence-corrected chi connectivity index (χ0v) is 29.6. The van der Waals surface area contributed by atoms with Crippen LogP contribution in [0.2, 0.25) is 0 Å². The number of ether oxygens (including phenoxy) is 2. The summed E-state index contributed by atoms with van der Waals surface area (Å²) in [6.45, 7) is 20.3. The number of Topliss-reactive ketones (excluding diaryl/α,β-unsaturated/α-hetero) is 1. The van der Waals surface area contributed by atoms with Gasteiger partial charge in [-0.05, 0) is 76.5 Å². The largest absolute Gasteiger partial charge is 0.460 e. The number of rotatable bonds is 11. The molecule has 0 spiro atoms. The molecule has 2 saturated carbocycles. The van der Waals surface area contributed by atoms with Crippen LogP contribution in [0.5, 0.6) is 0 Å². The molecule has 4 amide bonds. The second kappa shape index (κ2) is 13.5. The van der Waals surface area contributed by atoms with E-state index in [2.05, 4.69) is 29.8 Å². The van der Waals surface area contributed by atoms with Crippen LogP contribution in [0.3, 0.4) is 0 Å². The number of amides is 4. The molecule has 0 bridgehead atoms. The Morgan fingerprint density at radius 2 is 1.46 bits per heavy atom. The predicted molar refractivity (Wildman–Crippen MR) is 171 cm³/mol. The molecule has 12 heteroatoms. The van der Waals surface area contributed by atoms with Crippen molar-refractivity contribution in [3.8, 4) is 0 Å². The Kier molecular flexibility index (Phi) is 10.9. The lowest BCUT2D eigenvalue weighted by Gasteiger charge is -2.38. The Labute approximate surface area is 273 Å². The molecule has 3 N–H and O–H groups in total. The van der Waals surface area contributed by atoms with Crippen LogP contribution >= 0.6 is 0 Å². The van der Waals surface area contributed by atoms with Crippen LogP contribution in [-0.2, 0) is 33.4 Å². The lowest BCUT2D eigenvalue weighted by Crippen LogP contribution is -2.61. The van der Waals surface area contributed by atoms with Gasteiger partial charge in [0.15, 0.2) is 0 Å². The van der Waals surface area contributed by atoms with Gasteiger partial charge in [0.2, 0.25) is 17.6 Å². The number of fused-ring (bicyclic) bond motifs is 1. The molecule has 2 aliphatic carbocycles. The fourth-order valence-corrected chi connectivity index (χ4v) is 6.52. The van der Waals surface area contributed by atoms with Gasteiger partial charge >= 0.3 is 12.1 Å². The fraction of sp³-hybridized carbons (Fsp3) is 0.824. The minimum atomic E-state index is -1.07. The number of piperidine rings is 1. The Hall–Kier alpha value is -3.18. The molecular formula is C34H56N4O8. The van der Waals surface area contributed by atoms with Crippen molar-refractivity contribution in [1.82, 2.24) is 20.9 Å². The minimum absolute atomic E-state index is 0.0753. The summed E-state index contributed by atoms with van der Waals surface area (Å²) in [6.07, 6.45) is 2.30. The van der Waals surface area contributed by atoms with E-state index < -0.39 is 70.3 Å². The highest BCUT2D eigenvalue weighted by Crippen LogP contribution is 2.65. The van der Waals surface area contributed by atoms with Gasteiger partial charge in [0.1, 0.15) is 23.3 Å². The van der Waals surface area contributed by atoms with Crippen molar-refractivity contribution in [1.29, 1.82) is 0 Å². The van der Waals surface area contributed by atoms with Gasteiger partial charge < -0.3 is 30.3 Å². The Balaban J connectivity index is 1.77. The number of esters is 1. The van der Waals surface area contributed by atoms with E-state index in [9.17, 15) is 28.8 Å². The van der Waals surface area contributed by atoms with Gasteiger partial charge in [-0.25, -0.2) is 4.79 Å². The molecule has 0 aromatic rings. The zero-order valence-electron chi connectivity index (χ0n) is 29.6. The number of carbonyl (C=O) groups is 6. The highest BCUT2D eigenvalue weighted by molar-refractivity contribution is 6.38. The normalized spacial score (nSPS) is 23.6. The van der Waals surface area contributed by atoms with Crippen molar-refractivity contribution in [2.75, 3.05) is 13.1 Å². The van der Waals surface area contributed by atoms with Gasteiger partial charge in [-0.2, -0.15) is 0 Å². The lowest BCUT2D eigenvalue weighted by molar-refractivity contribution is -0.154. The van der Waals surface area contributed by atoms with Crippen molar-refractivity contribution in [3.63, 3.8) is 0 Å². The quantitative estimate of drug-likeness (QED) is 0.227. The highest BCUT2D eigenvalue weighted by Gasteiger charge is 2.70. The summed E-state index contributed by atoms with van der Waals surface area (Å²) in [6, 6.07) is -2.92. The van der Waals surface area contributed by atoms with E-state index in [1.54, 1.807) is 41.5 Å². The molecule has 12 nitrogen and oxygen atoms in total. The standard InChI is InChI=1S/C34H56N4O8/c1-31(2,3)26(37-30(44)46-33(7,8)9)29(43)38-18-20-23(34(20,10)11)24(38)27(41)36-21(17-19-13-12-14-19)25(40)28(42)35-16-15-22(39)45-32(4,5)6/h19-21,23-24,26H,12-18H2,1-11H3,(H,35,42)(H,36,41)(H,37,44)/t20?,21?,23?,24-,26?/m0/s1. The summed E-state index contributed by atoms with van der Waals surface area (Å²) in [5.74, 6) is -2.93. The predicted octanol–water partition coefficient (Wildman–Crippen LogP) is 3.50. The number of ketones is 1. The molecule has 5 atom stereocenters. The third-order valence-electron chi connectivity index (χ3n) is 9.22. The van der Waals surface area contributed by atoms with Crippen LogP contribution in [-0.4, -0.2) is 82.9 Å². The van der Waals surface area contributed by atoms with Crippen molar-refractivity contribution >= 4 is 35.6 Å². The molecule has 0 aromatic carbocycles. The molecule has 1 saturated heterocycles. The summed E-state index contributed by atoms with van der Waals surface area (Å²) in [4.78, 5) is 80.8. The van der Waals surface area contributed by atoms with Gasteiger partial charge in [0.05, 0.1) is 12.5 Å². The van der Waals surface area contributed by atoms with Crippen molar-refractivity contribution in [2.24, 2.45) is 28.6 Å². The van der Waals surface area contributed by atoms with E-state index in [1.165, 1.54) is 4.90 Å². The van der Waals surface area contributed by atoms with E-state index in [-0.39, 0.29) is 36.1 Å². The van der Waals surface area contributed by atoms with Gasteiger partial charge in [-0.15, -0.1) is 0 Å². The molecule has 260 valence electrons. The van der Waals surface area contributed by atoms with Gasteiger partial charge in [-0.1, -0.05) is 53.9 Å². The van der Waals surface area contributed by atoms with Gasteiger partial charge in [0, 0.05) is 13.1 Å². The molecule has 1 aliphatic heterocycles. The summed E-state index contributed by atoms with van der Waals surface area (Å²) >= 11 is 0. The zero-order chi connectivity index (χ0) is 35.0. The van der Waals surface area contributed by atoms with Crippen LogP contribution in [0.25, 0.3) is 0 Å². The third-order valence-corrected chi connectivity index (χ3v) is 9.22. The van der Waals surface area contributed by atoms with E-state index in [0.29, 0.717) is 13.0 Å². The van der Waals surface area contributed by atoms with Crippen LogP contribution in [0, 0.1) is 28.6 Å². The summed E-state index contributed by atoms with van der Waals surface area (Å²) < 4.78 is 10.7. The first-order valence-corrected chi connectivity index (χ1v) is 16.6. The van der Waals surface area contributed by atoms with E-state index in [4.69, 9.17) is 9.47 Å². The van der Waals surface area contributed by atoms with Crippen molar-refractivity contribution < 1.29 is 38.2 Å². The Morgan fingerprint density at radius 3 is 1.96 bits per heavy atom. The third kappa shape index (κ3) is 9.44. The maximum Gasteiger partial charge on any atom is 0.408 e. The maximum absolute atomic E-state index is 14.1. The van der Waals surface area contributed by atoms with Crippen molar-refractivity contribution in [3.05, 3.63) is 0 Å². The van der Waals surface area contributed by atoms with Crippen LogP contribution in [0.1, 0.15) is 108 Å². The first-order chi connectivity index (χ1) is 20.9. The molecule has 0 radical (unpaired) electrons. The second-order valence-electron chi connectivity index (χ2n) is 16.9. The fourth-order valence-electron chi connectivity index (χ4n) is 6.52. The number of alkyl carbamates (subject to hydrolysis) is 1. The van der Waals surface area contributed by atoms with Crippen LogP contribution in [0.4, 0.5) is 4.79 Å². The number of nitrogens with one attached hydrogen (secondary N) is 3. The lowest BCUT2D eigenvalue weighted by atomic mass is 9.80. The molecule has 3 fully saturated rings. The summed E-state index contributed by atoms with van der Waals surface area (Å²) in [5.41, 5.74) is -2.32. The van der Waals surface area contributed by atoms with E-state index in [0.717, 1.165) is 19.3 Å². The minimum Gasteiger partial charge on any atom is -0.460 e. The summed E-state index contributed by atoms with van der Waals surface area (Å²) in [5, 5.41) is 8.08. The smallest absolute Gasteiger partial charge is 0.408 e. The number of hydrogen-bond donors (Lipinski definition) is 3. The molecule has 3 rings (SSSR count). The SMILES string of the molecule is CC(C)(C)OC(=O)CCNC(=O)C(=O)C(CC1CCC1)NC(=O)[C@@H]1C2C(CN1C(=O)C(NC(=O)OC(C)(C)C)C(C)(C)C)C2(C)C. The first-order valence-electron chi connectivity index (χ1n) is 16.6. The molecular weight excluding hydrogens is 592 g/mol. The van der Waals surface area contributed by atoms with Crippen LogP contribution in [0.15, 0.2) is 0 Å². The van der Waals surface area contributed by atoms with E-state index >= 15 is 0 Å². The van der Waals surface area contributed by atoms with Crippen LogP contribution < -0.4 is 16.0 Å². The number of hydrogen-bond acceptors (Lipinski definition) is 8. The molecule has 3 aliphatic rings. The van der Waals surface area contributed by atoms with Gasteiger partial charge in [-0.3, -0.25) is 24.0 Å². The monoisotopic (exact) mass is 648 g/mol. The van der Waals surface area contributed by atoms with Crippen molar-refractivity contribution in [2.45, 2.75) is 138 Å². The molecule has 1 heterocycles. The average molecular weight is 649 g/mol. The Bertz CT molecular complexity index is 1200. The number of nitrogens with zero attached hydrogens (tertiary/aromatic N) is 1. The Morgan fingerprint density at radius 1 is 0.870 bits per heavy atom. The summed E-state index contributed by atoms with van der Waals surface area (Å²) in [7, 11) is 0. The maximum atomic E-state index is 14.1. The van der Waals surface area contributed by atoms with Gasteiger partial charge in [0.25, 0.3) is 5.91 Å². The molecule has 4 unspecified atom stereocenters. The molecule has 46 heavy (non-hydrogen) atoms. The number of carbonyl (C=O) groups excluding carboxylic acids is 6. The topological polar surface area (TPSA) is 160 Å². The number of likely N-dealkylation sites (tertiary alicyclic amines) is 1. The highest BCUT2D eigenvalue weighted by atomic mass is 16.6. The molecule has 0 aromatic heterocycles. The van der Waals surface area contributed by atoms with E-state index in [1.807, 2.05) is 20.8 Å². The first kappa shape index (κ1) is 37.3. The second-order valence-corrected chi connectivity index (χ2v) is 16.9. The average Bonchev–Trinajstić information content (AvgIpc) is 3.17.